The highest BCUT2D eigenvalue weighted by molar-refractivity contribution is 6.04. The third-order valence-corrected chi connectivity index (χ3v) is 4.69. The van der Waals surface area contributed by atoms with E-state index >= 15 is 0 Å². The number of para-hydroxylation sites is 1. The van der Waals surface area contributed by atoms with Crippen LogP contribution in [-0.2, 0) is 14.3 Å². The Morgan fingerprint density at radius 2 is 1.66 bits per heavy atom. The molecule has 0 saturated heterocycles. The number of benzene rings is 2. The molecule has 2 N–H and O–H groups in total. The van der Waals surface area contributed by atoms with Crippen molar-refractivity contribution in [1.29, 1.82) is 0 Å². The Morgan fingerprint density at radius 3 is 2.41 bits per heavy atom. The fourth-order valence-electron chi connectivity index (χ4n) is 3.22. The van der Waals surface area contributed by atoms with E-state index in [-0.39, 0.29) is 11.9 Å². The summed E-state index contributed by atoms with van der Waals surface area (Å²) in [5, 5.41) is 5.65. The van der Waals surface area contributed by atoms with Crippen LogP contribution in [-0.4, -0.2) is 30.4 Å². The zero-order valence-electron chi connectivity index (χ0n) is 16.1. The monoisotopic (exact) mass is 392 g/mol. The number of rotatable bonds is 7. The molecule has 0 atom stereocenters. The third-order valence-electron chi connectivity index (χ3n) is 4.69. The molecular weight excluding hydrogens is 368 g/mol. The van der Waals surface area contributed by atoms with Gasteiger partial charge in [-0.2, -0.15) is 0 Å². The first-order valence-corrected chi connectivity index (χ1v) is 9.71. The molecule has 2 amide bonds. The van der Waals surface area contributed by atoms with Gasteiger partial charge in [0.2, 0.25) is 0 Å². The molecule has 3 rings (SSSR count). The summed E-state index contributed by atoms with van der Waals surface area (Å²) in [4.78, 5) is 36.5. The maximum absolute atomic E-state index is 12.5. The van der Waals surface area contributed by atoms with Crippen molar-refractivity contribution >= 4 is 29.5 Å². The van der Waals surface area contributed by atoms with Gasteiger partial charge in [-0.3, -0.25) is 9.59 Å². The lowest BCUT2D eigenvalue weighted by Crippen LogP contribution is -2.33. The molecule has 0 aliphatic heterocycles. The number of hydrogen-bond donors (Lipinski definition) is 2. The number of hydrogen-bond acceptors (Lipinski definition) is 4. The normalized spacial score (nSPS) is 13.9. The van der Waals surface area contributed by atoms with Crippen LogP contribution < -0.4 is 10.6 Å². The number of carbonyl (C=O) groups excluding carboxylic acids is 3. The molecule has 0 unspecified atom stereocenters. The van der Waals surface area contributed by atoms with E-state index < -0.39 is 18.5 Å². The molecule has 2 aromatic carbocycles. The van der Waals surface area contributed by atoms with Gasteiger partial charge < -0.3 is 15.4 Å². The number of nitrogens with one attached hydrogen (secondary N) is 2. The van der Waals surface area contributed by atoms with E-state index in [0.29, 0.717) is 11.3 Å². The number of anilines is 1. The molecule has 0 spiro atoms. The molecular formula is C23H24N2O4. The maximum Gasteiger partial charge on any atom is 0.331 e. The minimum Gasteiger partial charge on any atom is -0.452 e. The highest BCUT2D eigenvalue weighted by atomic mass is 16.5. The van der Waals surface area contributed by atoms with Crippen LogP contribution in [0.4, 0.5) is 5.69 Å². The highest BCUT2D eigenvalue weighted by Crippen LogP contribution is 2.20. The molecule has 1 aliphatic carbocycles. The summed E-state index contributed by atoms with van der Waals surface area (Å²) in [6.07, 6.45) is 7.08. The van der Waals surface area contributed by atoms with Crippen LogP contribution in [0.2, 0.25) is 0 Å². The standard InChI is InChI=1S/C23H24N2O4/c26-21(16-29-22(27)15-14-17-8-2-1-3-9-17)25-20-13-7-6-12-19(20)23(28)24-18-10-4-5-11-18/h1-3,6-9,12-15,18H,4-5,10-11,16H2,(H,24,28)(H,25,26)/b15-14+. The Kier molecular flexibility index (Phi) is 7.16. The van der Waals surface area contributed by atoms with Gasteiger partial charge in [-0.15, -0.1) is 0 Å². The molecule has 29 heavy (non-hydrogen) atoms. The van der Waals surface area contributed by atoms with Crippen molar-refractivity contribution in [3.8, 4) is 0 Å². The highest BCUT2D eigenvalue weighted by Gasteiger charge is 2.20. The fourth-order valence-corrected chi connectivity index (χ4v) is 3.22. The maximum atomic E-state index is 12.5. The van der Waals surface area contributed by atoms with E-state index in [9.17, 15) is 14.4 Å². The van der Waals surface area contributed by atoms with Gasteiger partial charge in [0.25, 0.3) is 11.8 Å². The number of esters is 1. The van der Waals surface area contributed by atoms with E-state index in [1.165, 1.54) is 6.08 Å². The van der Waals surface area contributed by atoms with Gasteiger partial charge in [-0.1, -0.05) is 55.3 Å². The Bertz CT molecular complexity index is 887. The van der Waals surface area contributed by atoms with Crippen LogP contribution in [0.25, 0.3) is 6.08 Å². The van der Waals surface area contributed by atoms with Gasteiger partial charge in [0.1, 0.15) is 0 Å². The molecule has 1 aliphatic rings. The summed E-state index contributed by atoms with van der Waals surface area (Å²) in [5.74, 6) is -1.33. The molecule has 6 heteroatoms. The van der Waals surface area contributed by atoms with Gasteiger partial charge >= 0.3 is 5.97 Å². The van der Waals surface area contributed by atoms with Crippen LogP contribution in [0.15, 0.2) is 60.7 Å². The first-order valence-electron chi connectivity index (χ1n) is 9.71. The molecule has 6 nitrogen and oxygen atoms in total. The van der Waals surface area contributed by atoms with Gasteiger partial charge in [0.05, 0.1) is 11.3 Å². The summed E-state index contributed by atoms with van der Waals surface area (Å²) in [6, 6.07) is 16.3. The van der Waals surface area contributed by atoms with Gasteiger partial charge in [-0.25, -0.2) is 4.79 Å². The van der Waals surface area contributed by atoms with Crippen LogP contribution in [0, 0.1) is 0 Å². The first-order chi connectivity index (χ1) is 14.1. The lowest BCUT2D eigenvalue weighted by Gasteiger charge is -2.15. The quantitative estimate of drug-likeness (QED) is 0.557. The molecule has 0 bridgehead atoms. The summed E-state index contributed by atoms with van der Waals surface area (Å²) in [7, 11) is 0. The van der Waals surface area contributed by atoms with Crippen molar-refractivity contribution in [3.63, 3.8) is 0 Å². The smallest absolute Gasteiger partial charge is 0.331 e. The van der Waals surface area contributed by atoms with Crippen molar-refractivity contribution in [2.24, 2.45) is 0 Å². The van der Waals surface area contributed by atoms with Crippen LogP contribution in [0.1, 0.15) is 41.6 Å². The van der Waals surface area contributed by atoms with E-state index in [2.05, 4.69) is 10.6 Å². The van der Waals surface area contributed by atoms with Crippen molar-refractivity contribution in [2.75, 3.05) is 11.9 Å². The molecule has 0 radical (unpaired) electrons. The zero-order chi connectivity index (χ0) is 20.5. The minimum absolute atomic E-state index is 0.184. The largest absolute Gasteiger partial charge is 0.452 e. The molecule has 2 aromatic rings. The average Bonchev–Trinajstić information content (AvgIpc) is 3.25. The predicted octanol–water partition coefficient (Wildman–Crippen LogP) is 3.55. The second-order valence-electron chi connectivity index (χ2n) is 6.90. The lowest BCUT2D eigenvalue weighted by molar-refractivity contribution is -0.142. The van der Waals surface area contributed by atoms with Crippen molar-refractivity contribution in [1.82, 2.24) is 5.32 Å². The van der Waals surface area contributed by atoms with Crippen molar-refractivity contribution in [3.05, 3.63) is 71.8 Å². The third kappa shape index (κ3) is 6.31. The Hall–Kier alpha value is -3.41. The predicted molar refractivity (Wildman–Crippen MR) is 111 cm³/mol. The van der Waals surface area contributed by atoms with Gasteiger partial charge in [0.15, 0.2) is 6.61 Å². The number of carbonyl (C=O) groups is 3. The Morgan fingerprint density at radius 1 is 0.966 bits per heavy atom. The average molecular weight is 392 g/mol. The molecule has 0 heterocycles. The lowest BCUT2D eigenvalue weighted by atomic mass is 10.1. The van der Waals surface area contributed by atoms with Gasteiger partial charge in [-0.05, 0) is 36.6 Å². The van der Waals surface area contributed by atoms with Crippen LogP contribution >= 0.6 is 0 Å². The fraction of sp³-hybridized carbons (Fsp3) is 0.261. The van der Waals surface area contributed by atoms with Crippen LogP contribution in [0.5, 0.6) is 0 Å². The van der Waals surface area contributed by atoms with Gasteiger partial charge in [0, 0.05) is 12.1 Å². The van der Waals surface area contributed by atoms with E-state index in [0.717, 1.165) is 31.2 Å². The second kappa shape index (κ2) is 10.2. The molecule has 0 aromatic heterocycles. The van der Waals surface area contributed by atoms with E-state index in [1.54, 1.807) is 30.3 Å². The van der Waals surface area contributed by atoms with E-state index in [1.807, 2.05) is 30.3 Å². The number of amides is 2. The molecule has 1 fully saturated rings. The summed E-state index contributed by atoms with van der Waals surface area (Å²) < 4.78 is 4.97. The Labute approximate surface area is 170 Å². The molecule has 150 valence electrons. The van der Waals surface area contributed by atoms with Crippen LogP contribution in [0.3, 0.4) is 0 Å². The zero-order valence-corrected chi connectivity index (χ0v) is 16.1. The summed E-state index contributed by atoms with van der Waals surface area (Å²) in [6.45, 7) is -0.434. The SMILES string of the molecule is O=C(COC(=O)/C=C/c1ccccc1)Nc1ccccc1C(=O)NC1CCCC1. The topological polar surface area (TPSA) is 84.5 Å². The van der Waals surface area contributed by atoms with Crippen molar-refractivity contribution < 1.29 is 19.1 Å². The second-order valence-corrected chi connectivity index (χ2v) is 6.90. The summed E-state index contributed by atoms with van der Waals surface area (Å²) >= 11 is 0. The minimum atomic E-state index is -0.615. The molecule has 1 saturated carbocycles. The van der Waals surface area contributed by atoms with E-state index in [4.69, 9.17) is 4.74 Å². The number of ether oxygens (including phenoxy) is 1. The summed E-state index contributed by atoms with van der Waals surface area (Å²) in [5.41, 5.74) is 1.64. The first kappa shape index (κ1) is 20.3. The Balaban J connectivity index is 1.52. The van der Waals surface area contributed by atoms with Crippen molar-refractivity contribution in [2.45, 2.75) is 31.7 Å².